The Hall–Kier alpha value is -1.80. The second-order valence-corrected chi connectivity index (χ2v) is 3.61. The van der Waals surface area contributed by atoms with Gasteiger partial charge in [-0.25, -0.2) is 9.97 Å². The van der Waals surface area contributed by atoms with Gasteiger partial charge < -0.3 is 0 Å². The molecule has 2 heterocycles. The molecule has 0 amide bonds. The molecular formula is C10H5BrN4. The molecule has 0 saturated carbocycles. The summed E-state index contributed by atoms with van der Waals surface area (Å²) in [4.78, 5) is 12.0. The van der Waals surface area contributed by atoms with Gasteiger partial charge in [0.15, 0.2) is 0 Å². The van der Waals surface area contributed by atoms with Gasteiger partial charge in [-0.1, -0.05) is 0 Å². The molecule has 0 aliphatic rings. The van der Waals surface area contributed by atoms with Gasteiger partial charge in [-0.15, -0.1) is 0 Å². The minimum Gasteiger partial charge on any atom is -0.263 e. The lowest BCUT2D eigenvalue weighted by atomic mass is 10.1. The lowest BCUT2D eigenvalue weighted by Gasteiger charge is -1.99. The van der Waals surface area contributed by atoms with E-state index in [1.54, 1.807) is 18.3 Å². The van der Waals surface area contributed by atoms with Gasteiger partial charge in [-0.3, -0.25) is 4.98 Å². The van der Waals surface area contributed by atoms with Crippen LogP contribution in [0, 0.1) is 11.3 Å². The Morgan fingerprint density at radius 2 is 2.07 bits per heavy atom. The monoisotopic (exact) mass is 260 g/mol. The summed E-state index contributed by atoms with van der Waals surface area (Å²) in [6.07, 6.45) is 4.63. The molecule has 0 N–H and O–H groups in total. The predicted molar refractivity (Wildman–Crippen MR) is 57.7 cm³/mol. The summed E-state index contributed by atoms with van der Waals surface area (Å²) in [5.41, 5.74) is 2.06. The van der Waals surface area contributed by atoms with Gasteiger partial charge in [-0.2, -0.15) is 5.26 Å². The van der Waals surface area contributed by atoms with Gasteiger partial charge in [0.2, 0.25) is 0 Å². The van der Waals surface area contributed by atoms with Crippen LogP contribution in [0.1, 0.15) is 5.56 Å². The average Bonchev–Trinajstić information content (AvgIpc) is 2.29. The van der Waals surface area contributed by atoms with Gasteiger partial charge in [0.05, 0.1) is 11.3 Å². The molecule has 0 bridgehead atoms. The molecule has 5 heteroatoms. The van der Waals surface area contributed by atoms with Gasteiger partial charge in [0, 0.05) is 18.0 Å². The summed E-state index contributed by atoms with van der Waals surface area (Å²) < 4.78 is 0.704. The molecule has 2 aromatic rings. The molecule has 0 atom stereocenters. The molecule has 0 fully saturated rings. The normalized spacial score (nSPS) is 9.60. The van der Waals surface area contributed by atoms with E-state index in [0.717, 1.165) is 11.3 Å². The highest BCUT2D eigenvalue weighted by atomic mass is 79.9. The standard InChI is InChI=1S/C10H5BrN4/c11-10-2-9(14-6-15-10)8-1-7(3-12)4-13-5-8/h1-2,4-6H. The third-order valence-electron chi connectivity index (χ3n) is 1.80. The zero-order valence-electron chi connectivity index (χ0n) is 7.55. The topological polar surface area (TPSA) is 62.5 Å². The minimum atomic E-state index is 0.516. The van der Waals surface area contributed by atoms with Crippen molar-refractivity contribution in [3.05, 3.63) is 41.0 Å². The highest BCUT2D eigenvalue weighted by Gasteiger charge is 2.02. The summed E-state index contributed by atoms with van der Waals surface area (Å²) in [6, 6.07) is 5.55. The molecule has 0 saturated heterocycles. The first-order valence-corrected chi connectivity index (χ1v) is 4.92. The third-order valence-corrected chi connectivity index (χ3v) is 2.23. The smallest absolute Gasteiger partial charge is 0.117 e. The van der Waals surface area contributed by atoms with Gasteiger partial charge in [0.1, 0.15) is 17.0 Å². The second-order valence-electron chi connectivity index (χ2n) is 2.80. The Labute approximate surface area is 94.8 Å². The van der Waals surface area contributed by atoms with E-state index >= 15 is 0 Å². The molecule has 2 rings (SSSR count). The largest absolute Gasteiger partial charge is 0.263 e. The van der Waals surface area contributed by atoms with Crippen molar-refractivity contribution in [2.24, 2.45) is 0 Å². The SMILES string of the molecule is N#Cc1cncc(-c2cc(Br)ncn2)c1. The highest BCUT2D eigenvalue weighted by Crippen LogP contribution is 2.18. The van der Waals surface area contributed by atoms with Crippen molar-refractivity contribution in [1.82, 2.24) is 15.0 Å². The zero-order valence-corrected chi connectivity index (χ0v) is 9.14. The van der Waals surface area contributed by atoms with E-state index in [-0.39, 0.29) is 0 Å². The Bertz CT molecular complexity index is 533. The first-order chi connectivity index (χ1) is 7.29. The Balaban J connectivity index is 2.50. The molecule has 0 aliphatic heterocycles. The van der Waals surface area contributed by atoms with Crippen LogP contribution in [0.15, 0.2) is 35.5 Å². The Morgan fingerprint density at radius 1 is 1.20 bits per heavy atom. The van der Waals surface area contributed by atoms with Crippen molar-refractivity contribution in [3.8, 4) is 17.3 Å². The third kappa shape index (κ3) is 2.17. The van der Waals surface area contributed by atoms with Crippen molar-refractivity contribution in [2.75, 3.05) is 0 Å². The van der Waals surface area contributed by atoms with Crippen LogP contribution in [0.25, 0.3) is 11.3 Å². The fourth-order valence-corrected chi connectivity index (χ4v) is 1.44. The molecule has 15 heavy (non-hydrogen) atoms. The Morgan fingerprint density at radius 3 is 2.80 bits per heavy atom. The van der Waals surface area contributed by atoms with Crippen LogP contribution in [-0.2, 0) is 0 Å². The van der Waals surface area contributed by atoms with Crippen LogP contribution in [0.4, 0.5) is 0 Å². The lowest BCUT2D eigenvalue weighted by molar-refractivity contribution is 1.14. The van der Waals surface area contributed by atoms with Crippen molar-refractivity contribution in [1.29, 1.82) is 5.26 Å². The average molecular weight is 261 g/mol. The molecular weight excluding hydrogens is 256 g/mol. The summed E-state index contributed by atoms with van der Waals surface area (Å²) in [7, 11) is 0. The van der Waals surface area contributed by atoms with Crippen molar-refractivity contribution < 1.29 is 0 Å². The van der Waals surface area contributed by atoms with Gasteiger partial charge in [-0.05, 0) is 28.1 Å². The van der Waals surface area contributed by atoms with E-state index in [1.165, 1.54) is 12.5 Å². The number of hydrogen-bond donors (Lipinski definition) is 0. The fourth-order valence-electron chi connectivity index (χ4n) is 1.13. The van der Waals surface area contributed by atoms with E-state index in [0.29, 0.717) is 10.2 Å². The fraction of sp³-hybridized carbons (Fsp3) is 0. The summed E-state index contributed by atoms with van der Waals surface area (Å²) in [5, 5.41) is 8.73. The zero-order chi connectivity index (χ0) is 10.7. The van der Waals surface area contributed by atoms with Crippen LogP contribution in [-0.4, -0.2) is 15.0 Å². The van der Waals surface area contributed by atoms with Crippen molar-refractivity contribution in [3.63, 3.8) is 0 Å². The van der Waals surface area contributed by atoms with E-state index in [4.69, 9.17) is 5.26 Å². The summed E-state index contributed by atoms with van der Waals surface area (Å²) in [6.45, 7) is 0. The number of halogens is 1. The Kier molecular flexibility index (Phi) is 2.70. The summed E-state index contributed by atoms with van der Waals surface area (Å²) in [5.74, 6) is 0. The van der Waals surface area contributed by atoms with Crippen molar-refractivity contribution in [2.45, 2.75) is 0 Å². The maximum Gasteiger partial charge on any atom is 0.117 e. The summed E-state index contributed by atoms with van der Waals surface area (Å²) >= 11 is 3.26. The number of hydrogen-bond acceptors (Lipinski definition) is 4. The minimum absolute atomic E-state index is 0.516. The quantitative estimate of drug-likeness (QED) is 0.738. The predicted octanol–water partition coefficient (Wildman–Crippen LogP) is 2.17. The second kappa shape index (κ2) is 4.15. The van der Waals surface area contributed by atoms with Crippen LogP contribution in [0.3, 0.4) is 0 Å². The molecule has 0 aliphatic carbocycles. The maximum absolute atomic E-state index is 8.73. The van der Waals surface area contributed by atoms with E-state index in [9.17, 15) is 0 Å². The number of pyridine rings is 1. The number of nitrogens with zero attached hydrogens (tertiary/aromatic N) is 4. The molecule has 72 valence electrons. The maximum atomic E-state index is 8.73. The molecule has 0 aromatic carbocycles. The molecule has 0 spiro atoms. The van der Waals surface area contributed by atoms with Crippen LogP contribution < -0.4 is 0 Å². The van der Waals surface area contributed by atoms with E-state index in [1.807, 2.05) is 6.07 Å². The number of nitriles is 1. The highest BCUT2D eigenvalue weighted by molar-refractivity contribution is 9.10. The number of aromatic nitrogens is 3. The van der Waals surface area contributed by atoms with Gasteiger partial charge in [0.25, 0.3) is 0 Å². The molecule has 4 nitrogen and oxygen atoms in total. The lowest BCUT2D eigenvalue weighted by Crippen LogP contribution is -1.88. The molecule has 2 aromatic heterocycles. The first-order valence-electron chi connectivity index (χ1n) is 4.12. The molecule has 0 unspecified atom stereocenters. The van der Waals surface area contributed by atoms with E-state index in [2.05, 4.69) is 30.9 Å². The van der Waals surface area contributed by atoms with Crippen LogP contribution >= 0.6 is 15.9 Å². The van der Waals surface area contributed by atoms with E-state index < -0.39 is 0 Å². The molecule has 0 radical (unpaired) electrons. The number of rotatable bonds is 1. The first kappa shape index (κ1) is 9.74. The van der Waals surface area contributed by atoms with Crippen LogP contribution in [0.5, 0.6) is 0 Å². The van der Waals surface area contributed by atoms with Crippen molar-refractivity contribution >= 4 is 15.9 Å². The van der Waals surface area contributed by atoms with Crippen LogP contribution in [0.2, 0.25) is 0 Å². The van der Waals surface area contributed by atoms with Gasteiger partial charge >= 0.3 is 0 Å².